The lowest BCUT2D eigenvalue weighted by Crippen LogP contribution is -2.47. The van der Waals surface area contributed by atoms with Crippen molar-refractivity contribution in [2.75, 3.05) is 27.2 Å². The Balaban J connectivity index is 0.00000312. The smallest absolute Gasteiger partial charge is 0.191 e. The summed E-state index contributed by atoms with van der Waals surface area (Å²) in [6.45, 7) is 5.48. The van der Waals surface area contributed by atoms with E-state index in [0.717, 1.165) is 18.5 Å². The van der Waals surface area contributed by atoms with Gasteiger partial charge >= 0.3 is 0 Å². The monoisotopic (exact) mass is 464 g/mol. The summed E-state index contributed by atoms with van der Waals surface area (Å²) in [5, 5.41) is 6.55. The molecule has 1 aliphatic carbocycles. The highest BCUT2D eigenvalue weighted by molar-refractivity contribution is 14.0. The van der Waals surface area contributed by atoms with Crippen LogP contribution >= 0.6 is 24.0 Å². The number of para-hydroxylation sites is 1. The molecular formula is C18H30FIN4O. The van der Waals surface area contributed by atoms with Gasteiger partial charge in [-0.1, -0.05) is 12.1 Å². The largest absolute Gasteiger partial charge is 0.486 e. The summed E-state index contributed by atoms with van der Waals surface area (Å²) in [5.41, 5.74) is 0. The molecule has 0 aromatic heterocycles. The fourth-order valence-corrected chi connectivity index (χ4v) is 2.49. The van der Waals surface area contributed by atoms with E-state index in [-0.39, 0.29) is 41.6 Å². The number of nitrogens with one attached hydrogen (secondary N) is 2. The molecule has 1 aromatic carbocycles. The SMILES string of the molecule is CN=C(NCC(C)Oc1ccccc1F)NCC(C)N(C)C1CC1.I. The Morgan fingerprint density at radius 3 is 2.52 bits per heavy atom. The van der Waals surface area contributed by atoms with Gasteiger partial charge in [0, 0.05) is 25.7 Å². The minimum Gasteiger partial charge on any atom is -0.486 e. The zero-order chi connectivity index (χ0) is 17.5. The molecule has 1 fully saturated rings. The van der Waals surface area contributed by atoms with Crippen LogP contribution < -0.4 is 15.4 Å². The van der Waals surface area contributed by atoms with Gasteiger partial charge in [-0.25, -0.2) is 4.39 Å². The van der Waals surface area contributed by atoms with E-state index in [9.17, 15) is 4.39 Å². The van der Waals surface area contributed by atoms with Crippen molar-refractivity contribution in [2.45, 2.75) is 44.9 Å². The zero-order valence-electron chi connectivity index (χ0n) is 15.5. The minimum atomic E-state index is -0.344. The third-order valence-corrected chi connectivity index (χ3v) is 4.33. The predicted molar refractivity (Wildman–Crippen MR) is 112 cm³/mol. The van der Waals surface area contributed by atoms with E-state index in [0.29, 0.717) is 12.6 Å². The second-order valence-corrected chi connectivity index (χ2v) is 6.44. The molecule has 2 atom stereocenters. The van der Waals surface area contributed by atoms with E-state index in [4.69, 9.17) is 4.74 Å². The molecule has 0 radical (unpaired) electrons. The van der Waals surface area contributed by atoms with Crippen LogP contribution in [0.25, 0.3) is 0 Å². The van der Waals surface area contributed by atoms with Crippen molar-refractivity contribution in [3.05, 3.63) is 30.1 Å². The first-order valence-corrected chi connectivity index (χ1v) is 8.59. The Bertz CT molecular complexity index is 554. The number of ether oxygens (including phenoxy) is 1. The number of hydrogen-bond acceptors (Lipinski definition) is 3. The molecule has 1 aliphatic rings. The summed E-state index contributed by atoms with van der Waals surface area (Å²) in [7, 11) is 3.91. The molecule has 2 unspecified atom stereocenters. The normalized spacial score (nSPS) is 16.8. The van der Waals surface area contributed by atoms with Gasteiger partial charge in [0.1, 0.15) is 6.10 Å². The Hall–Kier alpha value is -1.09. The number of aliphatic imine (C=N–C) groups is 1. The highest BCUT2D eigenvalue weighted by Crippen LogP contribution is 2.26. The minimum absolute atomic E-state index is 0. The third kappa shape index (κ3) is 7.35. The van der Waals surface area contributed by atoms with Crippen molar-refractivity contribution in [1.29, 1.82) is 0 Å². The highest BCUT2D eigenvalue weighted by Gasteiger charge is 2.28. The van der Waals surface area contributed by atoms with Crippen LogP contribution in [0.3, 0.4) is 0 Å². The Morgan fingerprint density at radius 1 is 1.28 bits per heavy atom. The third-order valence-electron chi connectivity index (χ3n) is 4.33. The number of halogens is 2. The molecule has 1 saturated carbocycles. The van der Waals surface area contributed by atoms with Crippen LogP contribution in [0.5, 0.6) is 5.75 Å². The maximum absolute atomic E-state index is 13.6. The van der Waals surface area contributed by atoms with Crippen LogP contribution in [0.1, 0.15) is 26.7 Å². The number of rotatable bonds is 8. The summed E-state index contributed by atoms with van der Waals surface area (Å²) in [5.74, 6) is 0.660. The first-order valence-electron chi connectivity index (χ1n) is 8.59. The molecule has 5 nitrogen and oxygen atoms in total. The number of hydrogen-bond donors (Lipinski definition) is 2. The zero-order valence-corrected chi connectivity index (χ0v) is 17.8. The van der Waals surface area contributed by atoms with Crippen molar-refractivity contribution in [3.63, 3.8) is 0 Å². The van der Waals surface area contributed by atoms with Gasteiger partial charge in [-0.05, 0) is 45.9 Å². The number of nitrogens with zero attached hydrogens (tertiary/aromatic N) is 2. The van der Waals surface area contributed by atoms with E-state index in [1.165, 1.54) is 18.9 Å². The maximum atomic E-state index is 13.6. The first kappa shape index (κ1) is 22.0. The maximum Gasteiger partial charge on any atom is 0.191 e. The van der Waals surface area contributed by atoms with E-state index < -0.39 is 0 Å². The van der Waals surface area contributed by atoms with Crippen molar-refractivity contribution < 1.29 is 9.13 Å². The fourth-order valence-electron chi connectivity index (χ4n) is 2.49. The van der Waals surface area contributed by atoms with Crippen molar-refractivity contribution in [3.8, 4) is 5.75 Å². The number of likely N-dealkylation sites (N-methyl/N-ethyl adjacent to an activating group) is 1. The summed E-state index contributed by atoms with van der Waals surface area (Å²) >= 11 is 0. The van der Waals surface area contributed by atoms with Gasteiger partial charge in [0.05, 0.1) is 6.54 Å². The van der Waals surface area contributed by atoms with Crippen LogP contribution in [-0.2, 0) is 0 Å². The van der Waals surface area contributed by atoms with E-state index >= 15 is 0 Å². The van der Waals surface area contributed by atoms with Crippen molar-refractivity contribution >= 4 is 29.9 Å². The second-order valence-electron chi connectivity index (χ2n) is 6.44. The van der Waals surface area contributed by atoms with E-state index in [1.54, 1.807) is 25.2 Å². The Morgan fingerprint density at radius 2 is 1.92 bits per heavy atom. The van der Waals surface area contributed by atoms with Crippen molar-refractivity contribution in [2.24, 2.45) is 4.99 Å². The lowest BCUT2D eigenvalue weighted by Gasteiger charge is -2.25. The van der Waals surface area contributed by atoms with Gasteiger partial charge in [0.2, 0.25) is 0 Å². The molecule has 0 saturated heterocycles. The molecule has 1 aromatic rings. The highest BCUT2D eigenvalue weighted by atomic mass is 127. The van der Waals surface area contributed by atoms with Gasteiger partial charge < -0.3 is 15.4 Å². The van der Waals surface area contributed by atoms with E-state index in [2.05, 4.69) is 34.5 Å². The molecule has 25 heavy (non-hydrogen) atoms. The lowest BCUT2D eigenvalue weighted by atomic mass is 10.3. The molecule has 7 heteroatoms. The summed E-state index contributed by atoms with van der Waals surface area (Å²) in [4.78, 5) is 6.63. The van der Waals surface area contributed by atoms with Gasteiger partial charge in [-0.2, -0.15) is 0 Å². The van der Waals surface area contributed by atoms with Crippen LogP contribution in [0.15, 0.2) is 29.3 Å². The van der Waals surface area contributed by atoms with Gasteiger partial charge in [0.15, 0.2) is 17.5 Å². The standard InChI is InChI=1S/C18H29FN4O.HI/c1-13(23(4)15-9-10-15)11-21-18(20-3)22-12-14(2)24-17-8-6-5-7-16(17)19;/h5-8,13-15H,9-12H2,1-4H3,(H2,20,21,22);1H. The quantitative estimate of drug-likeness (QED) is 0.353. The molecule has 0 bridgehead atoms. The number of benzene rings is 1. The molecule has 0 amide bonds. The average molecular weight is 464 g/mol. The molecule has 0 aliphatic heterocycles. The van der Waals surface area contributed by atoms with Gasteiger partial charge in [0.25, 0.3) is 0 Å². The summed E-state index contributed by atoms with van der Waals surface area (Å²) in [6.07, 6.45) is 2.43. The fraction of sp³-hybridized carbons (Fsp3) is 0.611. The Labute approximate surface area is 167 Å². The van der Waals surface area contributed by atoms with Crippen LogP contribution in [0.2, 0.25) is 0 Å². The van der Waals surface area contributed by atoms with E-state index in [1.807, 2.05) is 6.92 Å². The Kier molecular flexibility index (Phi) is 9.48. The molecule has 0 heterocycles. The average Bonchev–Trinajstić information content (AvgIpc) is 3.41. The lowest BCUT2D eigenvalue weighted by molar-refractivity contribution is 0.213. The van der Waals surface area contributed by atoms with Gasteiger partial charge in [-0.3, -0.25) is 9.89 Å². The molecule has 0 spiro atoms. The number of guanidine groups is 1. The summed E-state index contributed by atoms with van der Waals surface area (Å²) in [6, 6.07) is 7.63. The topological polar surface area (TPSA) is 48.9 Å². The van der Waals surface area contributed by atoms with Crippen LogP contribution in [-0.4, -0.2) is 56.2 Å². The predicted octanol–water partition coefficient (Wildman–Crippen LogP) is 2.86. The first-order chi connectivity index (χ1) is 11.5. The van der Waals surface area contributed by atoms with Crippen LogP contribution in [0.4, 0.5) is 4.39 Å². The van der Waals surface area contributed by atoms with Gasteiger partial charge in [-0.15, -0.1) is 24.0 Å². The second kappa shape index (κ2) is 10.8. The van der Waals surface area contributed by atoms with Crippen LogP contribution in [0, 0.1) is 5.82 Å². The molecule has 142 valence electrons. The van der Waals surface area contributed by atoms with Crippen molar-refractivity contribution in [1.82, 2.24) is 15.5 Å². The summed E-state index contributed by atoms with van der Waals surface area (Å²) < 4.78 is 19.2. The molecular weight excluding hydrogens is 434 g/mol. The molecule has 2 N–H and O–H groups in total. The molecule has 2 rings (SSSR count).